The van der Waals surface area contributed by atoms with Crippen LogP contribution in [0.4, 0.5) is 10.1 Å². The van der Waals surface area contributed by atoms with Gasteiger partial charge in [0.15, 0.2) is 5.15 Å². The number of ether oxygens (including phenoxy) is 1. The molecule has 0 unspecified atom stereocenters. The molecular weight excluding hydrogens is 429 g/mol. The van der Waals surface area contributed by atoms with Crippen molar-refractivity contribution >= 4 is 38.2 Å². The van der Waals surface area contributed by atoms with Crippen molar-refractivity contribution in [2.75, 3.05) is 11.8 Å². The summed E-state index contributed by atoms with van der Waals surface area (Å²) in [6.07, 6.45) is 3.20. The van der Waals surface area contributed by atoms with Crippen LogP contribution in [-0.4, -0.2) is 25.5 Å². The van der Waals surface area contributed by atoms with Crippen LogP contribution in [0, 0.1) is 5.82 Å². The molecule has 4 rings (SSSR count). The lowest BCUT2D eigenvalue weighted by atomic mass is 10.0. The highest BCUT2D eigenvalue weighted by molar-refractivity contribution is 7.92. The minimum Gasteiger partial charge on any atom is -0.496 e. The molecule has 0 spiro atoms. The minimum absolute atomic E-state index is 0.00975. The zero-order chi connectivity index (χ0) is 21.3. The molecule has 2 aromatic heterocycles. The average Bonchev–Trinajstić information content (AvgIpc) is 2.74. The maximum atomic E-state index is 13.1. The average molecular weight is 444 g/mol. The summed E-state index contributed by atoms with van der Waals surface area (Å²) in [6, 6.07) is 13.4. The largest absolute Gasteiger partial charge is 0.496 e. The molecule has 2 aromatic carbocycles. The van der Waals surface area contributed by atoms with Crippen molar-refractivity contribution in [1.29, 1.82) is 0 Å². The van der Waals surface area contributed by atoms with Crippen molar-refractivity contribution in [3.63, 3.8) is 0 Å². The number of aromatic nitrogens is 2. The quantitative estimate of drug-likeness (QED) is 0.444. The summed E-state index contributed by atoms with van der Waals surface area (Å²) in [6.45, 7) is 0. The molecular formula is C21H15ClFN3O3S. The molecule has 2 heterocycles. The van der Waals surface area contributed by atoms with E-state index in [0.29, 0.717) is 11.3 Å². The number of nitrogens with one attached hydrogen (secondary N) is 1. The molecule has 0 bridgehead atoms. The van der Waals surface area contributed by atoms with Crippen molar-refractivity contribution < 1.29 is 17.5 Å². The van der Waals surface area contributed by atoms with E-state index in [4.69, 9.17) is 16.3 Å². The topological polar surface area (TPSA) is 81.2 Å². The van der Waals surface area contributed by atoms with Crippen molar-refractivity contribution in [3.05, 3.63) is 78.0 Å². The Balaban J connectivity index is 1.73. The standard InChI is InChI=1S/C21H15ClFN3O3S/c1-29-20-8-9-24-18-7-2-13(10-17(18)20)14-11-19(21(22)25-12-14)26-30(27,28)16-5-3-15(23)4-6-16/h2-12,26H,1H3. The SMILES string of the molecule is COc1ccnc2ccc(-c3cnc(Cl)c(NS(=O)(=O)c4ccc(F)cc4)c3)cc12. The van der Waals surface area contributed by atoms with Crippen LogP contribution in [0.1, 0.15) is 0 Å². The first-order valence-electron chi connectivity index (χ1n) is 8.74. The van der Waals surface area contributed by atoms with Gasteiger partial charge in [0.1, 0.15) is 11.6 Å². The Morgan fingerprint density at radius 1 is 1.00 bits per heavy atom. The van der Waals surface area contributed by atoms with Crippen molar-refractivity contribution in [2.45, 2.75) is 4.90 Å². The van der Waals surface area contributed by atoms with Crippen LogP contribution in [0.3, 0.4) is 0 Å². The fourth-order valence-electron chi connectivity index (χ4n) is 2.97. The van der Waals surface area contributed by atoms with Gasteiger partial charge in [0.05, 0.1) is 23.2 Å². The molecule has 152 valence electrons. The lowest BCUT2D eigenvalue weighted by molar-refractivity contribution is 0.419. The monoisotopic (exact) mass is 443 g/mol. The Morgan fingerprint density at radius 2 is 1.77 bits per heavy atom. The van der Waals surface area contributed by atoms with Gasteiger partial charge in [0, 0.05) is 23.3 Å². The highest BCUT2D eigenvalue weighted by Crippen LogP contribution is 2.32. The molecule has 0 atom stereocenters. The molecule has 0 aliphatic rings. The Labute approximate surface area is 177 Å². The van der Waals surface area contributed by atoms with Gasteiger partial charge in [0.25, 0.3) is 10.0 Å². The summed E-state index contributed by atoms with van der Waals surface area (Å²) < 4.78 is 46.2. The van der Waals surface area contributed by atoms with Gasteiger partial charge in [-0.05, 0) is 54.1 Å². The number of fused-ring (bicyclic) bond motifs is 1. The fraction of sp³-hybridized carbons (Fsp3) is 0.0476. The van der Waals surface area contributed by atoms with Gasteiger partial charge in [-0.15, -0.1) is 0 Å². The highest BCUT2D eigenvalue weighted by atomic mass is 35.5. The first kappa shape index (κ1) is 20.1. The lowest BCUT2D eigenvalue weighted by Crippen LogP contribution is -2.13. The maximum Gasteiger partial charge on any atom is 0.261 e. The second-order valence-electron chi connectivity index (χ2n) is 6.37. The summed E-state index contributed by atoms with van der Waals surface area (Å²) in [7, 11) is -2.39. The molecule has 0 aliphatic carbocycles. The van der Waals surface area contributed by atoms with E-state index in [9.17, 15) is 12.8 Å². The molecule has 0 fully saturated rings. The second-order valence-corrected chi connectivity index (χ2v) is 8.41. The van der Waals surface area contributed by atoms with E-state index in [-0.39, 0.29) is 15.7 Å². The summed E-state index contributed by atoms with van der Waals surface area (Å²) in [4.78, 5) is 8.32. The van der Waals surface area contributed by atoms with E-state index in [1.807, 2.05) is 18.2 Å². The number of anilines is 1. The maximum absolute atomic E-state index is 13.1. The molecule has 9 heteroatoms. The van der Waals surface area contributed by atoms with Crippen molar-refractivity contribution in [3.8, 4) is 16.9 Å². The molecule has 0 amide bonds. The number of halogens is 2. The predicted molar refractivity (Wildman–Crippen MR) is 114 cm³/mol. The van der Waals surface area contributed by atoms with Gasteiger partial charge in [-0.25, -0.2) is 17.8 Å². The Bertz CT molecular complexity index is 1350. The second kappa shape index (κ2) is 7.89. The summed E-state index contributed by atoms with van der Waals surface area (Å²) in [5, 5.41) is 0.797. The first-order chi connectivity index (χ1) is 14.4. The van der Waals surface area contributed by atoms with Gasteiger partial charge in [-0.2, -0.15) is 0 Å². The van der Waals surface area contributed by atoms with Crippen LogP contribution in [0.5, 0.6) is 5.75 Å². The smallest absolute Gasteiger partial charge is 0.261 e. The number of benzene rings is 2. The number of rotatable bonds is 5. The van der Waals surface area contributed by atoms with E-state index in [2.05, 4.69) is 14.7 Å². The van der Waals surface area contributed by atoms with E-state index in [1.165, 1.54) is 12.1 Å². The number of sulfonamides is 1. The Morgan fingerprint density at radius 3 is 2.50 bits per heavy atom. The van der Waals surface area contributed by atoms with Crippen LogP contribution < -0.4 is 9.46 Å². The van der Waals surface area contributed by atoms with E-state index >= 15 is 0 Å². The predicted octanol–water partition coefficient (Wildman–Crippen LogP) is 4.90. The fourth-order valence-corrected chi connectivity index (χ4v) is 4.24. The van der Waals surface area contributed by atoms with Gasteiger partial charge in [-0.1, -0.05) is 17.7 Å². The van der Waals surface area contributed by atoms with Crippen LogP contribution in [0.25, 0.3) is 22.0 Å². The lowest BCUT2D eigenvalue weighted by Gasteiger charge is -2.12. The Hall–Kier alpha value is -3.23. The van der Waals surface area contributed by atoms with Crippen LogP contribution >= 0.6 is 11.6 Å². The van der Waals surface area contributed by atoms with Crippen molar-refractivity contribution in [1.82, 2.24) is 9.97 Å². The van der Waals surface area contributed by atoms with E-state index in [1.54, 1.807) is 31.6 Å². The van der Waals surface area contributed by atoms with Crippen LogP contribution in [-0.2, 0) is 10.0 Å². The molecule has 0 saturated heterocycles. The third-order valence-electron chi connectivity index (χ3n) is 4.46. The van der Waals surface area contributed by atoms with Gasteiger partial charge in [0.2, 0.25) is 0 Å². The van der Waals surface area contributed by atoms with Gasteiger partial charge in [-0.3, -0.25) is 9.71 Å². The summed E-state index contributed by atoms with van der Waals surface area (Å²) >= 11 is 6.12. The first-order valence-corrected chi connectivity index (χ1v) is 10.6. The number of hydrogen-bond acceptors (Lipinski definition) is 5. The minimum atomic E-state index is -3.97. The summed E-state index contributed by atoms with van der Waals surface area (Å²) in [5.74, 6) is 0.137. The number of pyridine rings is 2. The molecule has 1 N–H and O–H groups in total. The van der Waals surface area contributed by atoms with Crippen molar-refractivity contribution in [2.24, 2.45) is 0 Å². The Kier molecular flexibility index (Phi) is 5.27. The molecule has 4 aromatic rings. The highest BCUT2D eigenvalue weighted by Gasteiger charge is 2.17. The van der Waals surface area contributed by atoms with Gasteiger partial charge >= 0.3 is 0 Å². The third-order valence-corrected chi connectivity index (χ3v) is 6.14. The molecule has 30 heavy (non-hydrogen) atoms. The summed E-state index contributed by atoms with van der Waals surface area (Å²) in [5.41, 5.74) is 2.29. The molecule has 6 nitrogen and oxygen atoms in total. The zero-order valence-electron chi connectivity index (χ0n) is 15.6. The normalized spacial score (nSPS) is 11.4. The molecule has 0 radical (unpaired) electrons. The number of nitrogens with zero attached hydrogens (tertiary/aromatic N) is 2. The van der Waals surface area contributed by atoms with E-state index < -0.39 is 15.8 Å². The van der Waals surface area contributed by atoms with Crippen LogP contribution in [0.2, 0.25) is 5.15 Å². The third kappa shape index (κ3) is 3.92. The van der Waals surface area contributed by atoms with E-state index in [0.717, 1.165) is 28.6 Å². The number of hydrogen-bond donors (Lipinski definition) is 1. The van der Waals surface area contributed by atoms with Gasteiger partial charge < -0.3 is 4.74 Å². The van der Waals surface area contributed by atoms with Crippen LogP contribution in [0.15, 0.2) is 71.9 Å². The zero-order valence-corrected chi connectivity index (χ0v) is 17.2. The molecule has 0 saturated carbocycles. The number of methoxy groups -OCH3 is 1. The molecule has 0 aliphatic heterocycles.